The molecule has 0 saturated carbocycles. The molecule has 0 spiro atoms. The Morgan fingerprint density at radius 2 is 1.96 bits per heavy atom. The van der Waals surface area contributed by atoms with Crippen LogP contribution < -0.4 is 5.56 Å². The number of pyridine rings is 1. The Hall–Kier alpha value is -2.14. The van der Waals surface area contributed by atoms with E-state index in [0.29, 0.717) is 18.1 Å². The van der Waals surface area contributed by atoms with Gasteiger partial charge >= 0.3 is 5.97 Å². The molecule has 124 valence electrons. The van der Waals surface area contributed by atoms with E-state index >= 15 is 0 Å². The lowest BCUT2D eigenvalue weighted by atomic mass is 10.1. The van der Waals surface area contributed by atoms with Crippen LogP contribution >= 0.6 is 0 Å². The topological polar surface area (TPSA) is 68.4 Å². The molecular weight excluding hydrogens is 294 g/mol. The molecule has 0 aliphatic heterocycles. The van der Waals surface area contributed by atoms with E-state index < -0.39 is 12.1 Å². The number of nitrogens with one attached hydrogen (secondary N) is 1. The van der Waals surface area contributed by atoms with Crippen molar-refractivity contribution in [2.45, 2.75) is 39.9 Å². The standard InChI is InChI=1S/C18H23NO4/c1-12(2)8-9-22-13(3)18(21)23-11-15-10-14-6-4-5-7-16(14)19-17(15)20/h4-7,10,12-13H,8-9,11H2,1-3H3,(H,19,20). The number of fused-ring (bicyclic) bond motifs is 1. The van der Waals surface area contributed by atoms with Crippen molar-refractivity contribution in [3.05, 3.63) is 46.2 Å². The summed E-state index contributed by atoms with van der Waals surface area (Å²) in [5.41, 5.74) is 0.939. The minimum absolute atomic E-state index is 0.0586. The molecule has 1 N–H and O–H groups in total. The summed E-state index contributed by atoms with van der Waals surface area (Å²) >= 11 is 0. The van der Waals surface area contributed by atoms with Gasteiger partial charge in [0.05, 0.1) is 5.56 Å². The number of esters is 1. The van der Waals surface area contributed by atoms with Crippen LogP contribution in [0, 0.1) is 5.92 Å². The number of hydrogen-bond donors (Lipinski definition) is 1. The molecule has 5 heteroatoms. The molecule has 0 radical (unpaired) electrons. The molecule has 0 aliphatic rings. The number of benzene rings is 1. The van der Waals surface area contributed by atoms with Gasteiger partial charge in [-0.3, -0.25) is 4.79 Å². The molecular formula is C18H23NO4. The van der Waals surface area contributed by atoms with Crippen molar-refractivity contribution in [1.29, 1.82) is 0 Å². The maximum absolute atomic E-state index is 12.0. The lowest BCUT2D eigenvalue weighted by molar-refractivity contribution is -0.157. The normalized spacial score (nSPS) is 12.5. The van der Waals surface area contributed by atoms with E-state index in [0.717, 1.165) is 17.3 Å². The average Bonchev–Trinajstić information content (AvgIpc) is 2.52. The number of ether oxygens (including phenoxy) is 2. The zero-order chi connectivity index (χ0) is 16.8. The molecule has 0 saturated heterocycles. The average molecular weight is 317 g/mol. The summed E-state index contributed by atoms with van der Waals surface area (Å²) in [6, 6.07) is 9.21. The summed E-state index contributed by atoms with van der Waals surface area (Å²) in [5.74, 6) is 0.0655. The number of carbonyl (C=O) groups is 1. The fraction of sp³-hybridized carbons (Fsp3) is 0.444. The number of para-hydroxylation sites is 1. The lowest BCUT2D eigenvalue weighted by Crippen LogP contribution is -2.25. The SMILES string of the molecule is CC(C)CCOC(C)C(=O)OCc1cc2ccccc2[nH]c1=O. The molecule has 0 amide bonds. The number of aromatic nitrogens is 1. The smallest absolute Gasteiger partial charge is 0.335 e. The molecule has 0 fully saturated rings. The van der Waals surface area contributed by atoms with Gasteiger partial charge in [-0.05, 0) is 36.8 Å². The maximum Gasteiger partial charge on any atom is 0.335 e. The predicted octanol–water partition coefficient (Wildman–Crippen LogP) is 3.02. The number of aromatic amines is 1. The molecule has 1 aromatic carbocycles. The highest BCUT2D eigenvalue weighted by Gasteiger charge is 2.16. The van der Waals surface area contributed by atoms with E-state index in [1.807, 2.05) is 24.3 Å². The maximum atomic E-state index is 12.0. The summed E-state index contributed by atoms with van der Waals surface area (Å²) in [5, 5.41) is 0.902. The van der Waals surface area contributed by atoms with Crippen molar-refractivity contribution < 1.29 is 14.3 Å². The van der Waals surface area contributed by atoms with Crippen LogP contribution in [0.25, 0.3) is 10.9 Å². The van der Waals surface area contributed by atoms with Crippen LogP contribution in [0.4, 0.5) is 0 Å². The quantitative estimate of drug-likeness (QED) is 0.797. The first kappa shape index (κ1) is 17.2. The van der Waals surface area contributed by atoms with Crippen LogP contribution in [-0.4, -0.2) is 23.7 Å². The van der Waals surface area contributed by atoms with Gasteiger partial charge in [-0.1, -0.05) is 32.0 Å². The Kier molecular flexibility index (Phi) is 5.93. The van der Waals surface area contributed by atoms with Crippen molar-refractivity contribution in [2.75, 3.05) is 6.61 Å². The second kappa shape index (κ2) is 7.92. The van der Waals surface area contributed by atoms with Gasteiger partial charge in [0, 0.05) is 12.1 Å². The summed E-state index contributed by atoms with van der Waals surface area (Å²) in [6.07, 6.45) is 0.260. The third-order valence-corrected chi connectivity index (χ3v) is 3.60. The van der Waals surface area contributed by atoms with Crippen LogP contribution in [0.15, 0.2) is 35.1 Å². The van der Waals surface area contributed by atoms with Crippen molar-refractivity contribution in [2.24, 2.45) is 5.92 Å². The molecule has 2 rings (SSSR count). The second-order valence-corrected chi connectivity index (χ2v) is 6.01. The van der Waals surface area contributed by atoms with Crippen LogP contribution in [0.2, 0.25) is 0 Å². The van der Waals surface area contributed by atoms with Gasteiger partial charge in [0.25, 0.3) is 5.56 Å². The van der Waals surface area contributed by atoms with Gasteiger partial charge < -0.3 is 14.5 Å². The molecule has 1 heterocycles. The third kappa shape index (κ3) is 4.93. The zero-order valence-electron chi connectivity index (χ0n) is 13.8. The first-order valence-corrected chi connectivity index (χ1v) is 7.86. The monoisotopic (exact) mass is 317 g/mol. The Bertz CT molecular complexity index is 720. The first-order chi connectivity index (χ1) is 11.0. The van der Waals surface area contributed by atoms with E-state index in [9.17, 15) is 9.59 Å². The number of rotatable bonds is 7. The Balaban J connectivity index is 1.93. The summed E-state index contributed by atoms with van der Waals surface area (Å²) in [6.45, 7) is 6.31. The van der Waals surface area contributed by atoms with Crippen LogP contribution in [0.1, 0.15) is 32.8 Å². The molecule has 5 nitrogen and oxygen atoms in total. The highest BCUT2D eigenvalue weighted by molar-refractivity contribution is 5.79. The first-order valence-electron chi connectivity index (χ1n) is 7.86. The van der Waals surface area contributed by atoms with Crippen molar-refractivity contribution >= 4 is 16.9 Å². The van der Waals surface area contributed by atoms with Gasteiger partial charge in [-0.15, -0.1) is 0 Å². The molecule has 1 atom stereocenters. The number of carbonyl (C=O) groups excluding carboxylic acids is 1. The van der Waals surface area contributed by atoms with E-state index in [4.69, 9.17) is 9.47 Å². The van der Waals surface area contributed by atoms with E-state index in [-0.39, 0.29) is 12.2 Å². The Morgan fingerprint density at radius 1 is 1.22 bits per heavy atom. The summed E-state index contributed by atoms with van der Waals surface area (Å²) in [7, 11) is 0. The van der Waals surface area contributed by atoms with E-state index in [2.05, 4.69) is 18.8 Å². The summed E-state index contributed by atoms with van der Waals surface area (Å²) < 4.78 is 10.6. The zero-order valence-corrected chi connectivity index (χ0v) is 13.8. The highest BCUT2D eigenvalue weighted by Crippen LogP contribution is 2.11. The van der Waals surface area contributed by atoms with Crippen LogP contribution in [0.5, 0.6) is 0 Å². The highest BCUT2D eigenvalue weighted by atomic mass is 16.6. The molecule has 1 unspecified atom stereocenters. The number of H-pyrrole nitrogens is 1. The fourth-order valence-electron chi connectivity index (χ4n) is 2.11. The van der Waals surface area contributed by atoms with Crippen LogP contribution in [0.3, 0.4) is 0 Å². The van der Waals surface area contributed by atoms with Gasteiger partial charge in [0.15, 0.2) is 6.10 Å². The van der Waals surface area contributed by atoms with Gasteiger partial charge in [0.2, 0.25) is 0 Å². The molecule has 23 heavy (non-hydrogen) atoms. The van der Waals surface area contributed by atoms with E-state index in [1.54, 1.807) is 13.0 Å². The summed E-state index contributed by atoms with van der Waals surface area (Å²) in [4.78, 5) is 26.7. The molecule has 2 aromatic rings. The minimum atomic E-state index is -0.631. The Morgan fingerprint density at radius 3 is 2.70 bits per heavy atom. The largest absolute Gasteiger partial charge is 0.459 e. The molecule has 0 bridgehead atoms. The van der Waals surface area contributed by atoms with Crippen molar-refractivity contribution in [3.8, 4) is 0 Å². The van der Waals surface area contributed by atoms with Gasteiger partial charge in [-0.2, -0.15) is 0 Å². The van der Waals surface area contributed by atoms with Crippen molar-refractivity contribution in [1.82, 2.24) is 4.98 Å². The Labute approximate surface area is 135 Å². The van der Waals surface area contributed by atoms with Gasteiger partial charge in [0.1, 0.15) is 6.61 Å². The minimum Gasteiger partial charge on any atom is -0.459 e. The van der Waals surface area contributed by atoms with Crippen molar-refractivity contribution in [3.63, 3.8) is 0 Å². The second-order valence-electron chi connectivity index (χ2n) is 6.01. The van der Waals surface area contributed by atoms with Crippen LogP contribution in [-0.2, 0) is 20.9 Å². The number of hydrogen-bond acceptors (Lipinski definition) is 4. The lowest BCUT2D eigenvalue weighted by Gasteiger charge is -2.13. The van der Waals surface area contributed by atoms with Gasteiger partial charge in [-0.25, -0.2) is 4.79 Å². The fourth-order valence-corrected chi connectivity index (χ4v) is 2.11. The molecule has 1 aromatic heterocycles. The molecule has 0 aliphatic carbocycles. The predicted molar refractivity (Wildman–Crippen MR) is 89.2 cm³/mol. The third-order valence-electron chi connectivity index (χ3n) is 3.60. The van der Waals surface area contributed by atoms with E-state index in [1.165, 1.54) is 0 Å².